The number of nitrogens with zero attached hydrogens (tertiary/aromatic N) is 3. The predicted octanol–water partition coefficient (Wildman–Crippen LogP) is 4.78. The number of nitrogens with one attached hydrogen (secondary N) is 3. The summed E-state index contributed by atoms with van der Waals surface area (Å²) in [6, 6.07) is 10.8. The molecular formula is C25H23FN6O. The van der Waals surface area contributed by atoms with Crippen LogP contribution in [-0.4, -0.2) is 45.3 Å². The summed E-state index contributed by atoms with van der Waals surface area (Å²) >= 11 is 0. The van der Waals surface area contributed by atoms with Gasteiger partial charge in [0.2, 0.25) is 0 Å². The molecule has 1 aliphatic heterocycles. The standard InChI is InChI=1S/C25H23FN6O/c1-33-18-9-15(8-17(26)11-18)19-4-7-28-24-20(19)12-22(30-24)23-21-10-16(13-29-25(21)32-31-23)14-2-5-27-6-3-14/h4,7-14,27H,2-3,5-6H2,1H3,(H,28,30)(H,29,31,32). The van der Waals surface area contributed by atoms with E-state index in [0.717, 1.165) is 64.9 Å². The van der Waals surface area contributed by atoms with Gasteiger partial charge in [-0.1, -0.05) is 0 Å². The van der Waals surface area contributed by atoms with Gasteiger partial charge in [0.15, 0.2) is 5.65 Å². The Bertz CT molecular complexity index is 1470. The van der Waals surface area contributed by atoms with Crippen molar-refractivity contribution in [2.24, 2.45) is 0 Å². The lowest BCUT2D eigenvalue weighted by atomic mass is 9.91. The van der Waals surface area contributed by atoms with Crippen molar-refractivity contribution >= 4 is 22.1 Å². The Hall–Kier alpha value is -3.78. The first-order valence-electron chi connectivity index (χ1n) is 11.1. The monoisotopic (exact) mass is 442 g/mol. The van der Waals surface area contributed by atoms with Gasteiger partial charge in [0.1, 0.15) is 17.2 Å². The van der Waals surface area contributed by atoms with E-state index in [4.69, 9.17) is 4.74 Å². The molecule has 166 valence electrons. The van der Waals surface area contributed by atoms with Crippen LogP contribution in [0, 0.1) is 5.82 Å². The first-order chi connectivity index (χ1) is 16.2. The zero-order valence-corrected chi connectivity index (χ0v) is 18.2. The lowest BCUT2D eigenvalue weighted by Gasteiger charge is -2.22. The molecule has 0 aliphatic carbocycles. The van der Waals surface area contributed by atoms with E-state index in [2.05, 4.69) is 36.5 Å². The lowest BCUT2D eigenvalue weighted by Crippen LogP contribution is -2.26. The van der Waals surface area contributed by atoms with Gasteiger partial charge in [-0.25, -0.2) is 14.4 Å². The van der Waals surface area contributed by atoms with Gasteiger partial charge in [-0.3, -0.25) is 5.10 Å². The number of hydrogen-bond acceptors (Lipinski definition) is 5. The van der Waals surface area contributed by atoms with E-state index in [1.54, 1.807) is 6.20 Å². The van der Waals surface area contributed by atoms with Crippen LogP contribution in [-0.2, 0) is 0 Å². The third-order valence-corrected chi connectivity index (χ3v) is 6.46. The van der Waals surface area contributed by atoms with E-state index in [1.807, 2.05) is 24.4 Å². The van der Waals surface area contributed by atoms with Crippen LogP contribution in [0.5, 0.6) is 5.75 Å². The molecule has 0 spiro atoms. The Morgan fingerprint density at radius 2 is 1.91 bits per heavy atom. The van der Waals surface area contributed by atoms with E-state index in [0.29, 0.717) is 17.3 Å². The number of rotatable bonds is 4. The van der Waals surface area contributed by atoms with Crippen molar-refractivity contribution in [1.29, 1.82) is 0 Å². The summed E-state index contributed by atoms with van der Waals surface area (Å²) in [4.78, 5) is 12.5. The van der Waals surface area contributed by atoms with Gasteiger partial charge in [-0.05, 0) is 78.9 Å². The average molecular weight is 442 g/mol. The van der Waals surface area contributed by atoms with E-state index in [9.17, 15) is 4.39 Å². The fraction of sp³-hybridized carbons (Fsp3) is 0.240. The molecule has 1 aliphatic rings. The molecule has 0 atom stereocenters. The van der Waals surface area contributed by atoms with Gasteiger partial charge in [-0.2, -0.15) is 5.10 Å². The third-order valence-electron chi connectivity index (χ3n) is 6.46. The van der Waals surface area contributed by atoms with Gasteiger partial charge in [0.05, 0.1) is 18.5 Å². The molecule has 3 N–H and O–H groups in total. The molecule has 1 fully saturated rings. The lowest BCUT2D eigenvalue weighted by molar-refractivity contribution is 0.411. The molecule has 33 heavy (non-hydrogen) atoms. The van der Waals surface area contributed by atoms with Gasteiger partial charge in [0, 0.05) is 29.2 Å². The maximum absolute atomic E-state index is 14.2. The highest BCUT2D eigenvalue weighted by Gasteiger charge is 2.19. The van der Waals surface area contributed by atoms with Gasteiger partial charge >= 0.3 is 0 Å². The van der Waals surface area contributed by atoms with Crippen LogP contribution in [0.15, 0.2) is 48.8 Å². The van der Waals surface area contributed by atoms with Crippen LogP contribution >= 0.6 is 0 Å². The smallest absolute Gasteiger partial charge is 0.181 e. The summed E-state index contributed by atoms with van der Waals surface area (Å²) in [5.74, 6) is 0.632. The number of ether oxygens (including phenoxy) is 1. The molecule has 5 aromatic rings. The van der Waals surface area contributed by atoms with Crippen molar-refractivity contribution in [3.63, 3.8) is 0 Å². The number of methoxy groups -OCH3 is 1. The van der Waals surface area contributed by atoms with Gasteiger partial charge < -0.3 is 15.0 Å². The number of H-pyrrole nitrogens is 2. The highest BCUT2D eigenvalue weighted by atomic mass is 19.1. The van der Waals surface area contributed by atoms with Crippen LogP contribution in [0.4, 0.5) is 4.39 Å². The number of aromatic amines is 2. The molecule has 1 saturated heterocycles. The minimum Gasteiger partial charge on any atom is -0.497 e. The summed E-state index contributed by atoms with van der Waals surface area (Å²) in [7, 11) is 1.53. The molecule has 8 heteroatoms. The Morgan fingerprint density at radius 3 is 2.76 bits per heavy atom. The molecule has 0 radical (unpaired) electrons. The summed E-state index contributed by atoms with van der Waals surface area (Å²) in [6.07, 6.45) is 5.89. The molecule has 4 aromatic heterocycles. The summed E-state index contributed by atoms with van der Waals surface area (Å²) in [5.41, 5.74) is 5.98. The molecular weight excluding hydrogens is 419 g/mol. The molecule has 1 aromatic carbocycles. The van der Waals surface area contributed by atoms with Crippen molar-refractivity contribution in [3.8, 4) is 28.3 Å². The van der Waals surface area contributed by atoms with Gasteiger partial charge in [0.25, 0.3) is 0 Å². The topological polar surface area (TPSA) is 91.5 Å². The Morgan fingerprint density at radius 1 is 1.03 bits per heavy atom. The highest BCUT2D eigenvalue weighted by Crippen LogP contribution is 2.35. The summed E-state index contributed by atoms with van der Waals surface area (Å²) < 4.78 is 19.4. The minimum atomic E-state index is -0.346. The minimum absolute atomic E-state index is 0.346. The Labute approximate surface area is 189 Å². The number of benzene rings is 1. The molecule has 6 rings (SSSR count). The molecule has 7 nitrogen and oxygen atoms in total. The number of pyridine rings is 2. The van der Waals surface area contributed by atoms with E-state index in [-0.39, 0.29) is 5.82 Å². The number of fused-ring (bicyclic) bond motifs is 2. The summed E-state index contributed by atoms with van der Waals surface area (Å²) in [6.45, 7) is 2.06. The maximum atomic E-state index is 14.2. The van der Waals surface area contributed by atoms with E-state index in [1.165, 1.54) is 24.8 Å². The summed E-state index contributed by atoms with van der Waals surface area (Å²) in [5, 5.41) is 12.8. The fourth-order valence-corrected chi connectivity index (χ4v) is 4.75. The van der Waals surface area contributed by atoms with Crippen LogP contribution in [0.2, 0.25) is 0 Å². The largest absolute Gasteiger partial charge is 0.497 e. The molecule has 0 amide bonds. The first kappa shape index (κ1) is 19.9. The Balaban J connectivity index is 1.46. The SMILES string of the molecule is COc1cc(F)cc(-c2ccnc3[nH]c(-c4[nH]nc5ncc(C6CCNCC6)cc45)cc23)c1. The maximum Gasteiger partial charge on any atom is 0.181 e. The van der Waals surface area contributed by atoms with Crippen LogP contribution in [0.25, 0.3) is 44.6 Å². The average Bonchev–Trinajstić information content (AvgIpc) is 3.47. The zero-order chi connectivity index (χ0) is 22.4. The zero-order valence-electron chi connectivity index (χ0n) is 18.2. The van der Waals surface area contributed by atoms with Crippen molar-refractivity contribution in [3.05, 3.63) is 60.2 Å². The third kappa shape index (κ3) is 3.52. The molecule has 0 bridgehead atoms. The molecule has 0 saturated carbocycles. The number of halogens is 1. The van der Waals surface area contributed by atoms with Crippen LogP contribution in [0.3, 0.4) is 0 Å². The molecule has 0 unspecified atom stereocenters. The van der Waals surface area contributed by atoms with Crippen molar-refractivity contribution < 1.29 is 9.13 Å². The van der Waals surface area contributed by atoms with E-state index >= 15 is 0 Å². The van der Waals surface area contributed by atoms with Crippen molar-refractivity contribution in [2.45, 2.75) is 18.8 Å². The van der Waals surface area contributed by atoms with E-state index < -0.39 is 0 Å². The second-order valence-corrected chi connectivity index (χ2v) is 8.45. The number of hydrogen-bond donors (Lipinski definition) is 3. The normalized spacial score (nSPS) is 14.8. The second kappa shape index (κ2) is 7.97. The quantitative estimate of drug-likeness (QED) is 0.373. The number of piperidine rings is 1. The first-order valence-corrected chi connectivity index (χ1v) is 11.1. The predicted molar refractivity (Wildman–Crippen MR) is 126 cm³/mol. The Kier molecular flexibility index (Phi) is 4.80. The number of aromatic nitrogens is 5. The van der Waals surface area contributed by atoms with Crippen LogP contribution < -0.4 is 10.1 Å². The second-order valence-electron chi connectivity index (χ2n) is 8.45. The van der Waals surface area contributed by atoms with Gasteiger partial charge in [-0.15, -0.1) is 0 Å². The van der Waals surface area contributed by atoms with Crippen LogP contribution in [0.1, 0.15) is 24.3 Å². The van der Waals surface area contributed by atoms with Crippen molar-refractivity contribution in [1.82, 2.24) is 30.5 Å². The molecule has 5 heterocycles. The van der Waals surface area contributed by atoms with Crippen molar-refractivity contribution in [2.75, 3.05) is 20.2 Å². The highest BCUT2D eigenvalue weighted by molar-refractivity contribution is 5.99. The fourth-order valence-electron chi connectivity index (χ4n) is 4.75.